The van der Waals surface area contributed by atoms with E-state index in [1.165, 1.54) is 11.0 Å². The molecule has 0 saturated carbocycles. The fourth-order valence-electron chi connectivity index (χ4n) is 1.96. The predicted octanol–water partition coefficient (Wildman–Crippen LogP) is 1.38. The number of amides is 2. The summed E-state index contributed by atoms with van der Waals surface area (Å²) in [6, 6.07) is 4.03. The fourth-order valence-corrected chi connectivity index (χ4v) is 1.96. The van der Waals surface area contributed by atoms with Crippen molar-refractivity contribution in [3.63, 3.8) is 0 Å². The lowest BCUT2D eigenvalue weighted by Crippen LogP contribution is -2.58. The van der Waals surface area contributed by atoms with Crippen molar-refractivity contribution in [3.8, 4) is 0 Å². The topological polar surface area (TPSA) is 49.4 Å². The molecule has 96 valence electrons. The number of carbonyl (C=O) groups excluding carboxylic acids is 2. The molecule has 0 aliphatic carbocycles. The van der Waals surface area contributed by atoms with Gasteiger partial charge >= 0.3 is 0 Å². The van der Waals surface area contributed by atoms with Gasteiger partial charge in [-0.2, -0.15) is 0 Å². The fraction of sp³-hybridized carbons (Fsp3) is 0.385. The second-order valence-corrected chi connectivity index (χ2v) is 4.39. The summed E-state index contributed by atoms with van der Waals surface area (Å²) >= 11 is 0. The lowest BCUT2D eigenvalue weighted by molar-refractivity contribution is -0.131. The highest BCUT2D eigenvalue weighted by molar-refractivity contribution is 6.06. The number of hydrogen-bond donors (Lipinski definition) is 1. The number of rotatable bonds is 2. The van der Waals surface area contributed by atoms with Crippen molar-refractivity contribution in [1.29, 1.82) is 0 Å². The lowest BCUT2D eigenvalue weighted by Gasteiger charge is -2.32. The monoisotopic (exact) mass is 250 g/mol. The molecule has 1 unspecified atom stereocenters. The van der Waals surface area contributed by atoms with Gasteiger partial charge in [0.05, 0.1) is 0 Å². The van der Waals surface area contributed by atoms with E-state index in [9.17, 15) is 14.0 Å². The Kier molecular flexibility index (Phi) is 3.32. The minimum Gasteiger partial charge on any atom is -0.343 e. The van der Waals surface area contributed by atoms with Gasteiger partial charge in [-0.1, -0.05) is 13.0 Å². The van der Waals surface area contributed by atoms with Crippen LogP contribution >= 0.6 is 0 Å². The van der Waals surface area contributed by atoms with Gasteiger partial charge in [0.15, 0.2) is 0 Å². The molecule has 0 bridgehead atoms. The molecule has 1 aliphatic rings. The smallest absolute Gasteiger partial charge is 0.250 e. The predicted molar refractivity (Wildman–Crippen MR) is 65.7 cm³/mol. The summed E-state index contributed by atoms with van der Waals surface area (Å²) in [4.78, 5) is 24.9. The number of anilines is 1. The van der Waals surface area contributed by atoms with Crippen LogP contribution in [0.4, 0.5) is 10.1 Å². The van der Waals surface area contributed by atoms with Gasteiger partial charge in [-0.3, -0.25) is 9.59 Å². The molecule has 1 atom stereocenters. The second-order valence-electron chi connectivity index (χ2n) is 4.39. The van der Waals surface area contributed by atoms with Gasteiger partial charge in [0.1, 0.15) is 18.4 Å². The van der Waals surface area contributed by atoms with Crippen molar-refractivity contribution in [2.24, 2.45) is 0 Å². The molecular formula is C13H15FN2O2. The molecule has 0 aromatic heterocycles. The zero-order chi connectivity index (χ0) is 13.3. The van der Waals surface area contributed by atoms with Crippen molar-refractivity contribution in [1.82, 2.24) is 5.32 Å². The summed E-state index contributed by atoms with van der Waals surface area (Å²) in [6.45, 7) is 3.42. The molecule has 18 heavy (non-hydrogen) atoms. The van der Waals surface area contributed by atoms with Crippen LogP contribution in [0.5, 0.6) is 0 Å². The molecule has 1 fully saturated rings. The Labute approximate surface area is 105 Å². The second kappa shape index (κ2) is 4.76. The number of hydrogen-bond acceptors (Lipinski definition) is 2. The van der Waals surface area contributed by atoms with Crippen LogP contribution in [0.3, 0.4) is 0 Å². The highest BCUT2D eigenvalue weighted by Crippen LogP contribution is 2.21. The number of nitrogens with zero attached hydrogens (tertiary/aromatic N) is 1. The summed E-state index contributed by atoms with van der Waals surface area (Å²) in [5, 5.41) is 2.62. The van der Waals surface area contributed by atoms with Crippen LogP contribution in [0, 0.1) is 12.7 Å². The maximum absolute atomic E-state index is 13.5. The van der Waals surface area contributed by atoms with E-state index in [2.05, 4.69) is 5.32 Å². The quantitative estimate of drug-likeness (QED) is 0.862. The Morgan fingerprint density at radius 3 is 2.78 bits per heavy atom. The minimum atomic E-state index is -0.518. The van der Waals surface area contributed by atoms with Gasteiger partial charge in [-0.05, 0) is 31.0 Å². The summed E-state index contributed by atoms with van der Waals surface area (Å²) in [5.74, 6) is -0.790. The summed E-state index contributed by atoms with van der Waals surface area (Å²) in [5.41, 5.74) is 0.941. The van der Waals surface area contributed by atoms with Gasteiger partial charge in [-0.25, -0.2) is 4.39 Å². The van der Waals surface area contributed by atoms with Crippen LogP contribution < -0.4 is 10.2 Å². The first-order valence-electron chi connectivity index (χ1n) is 5.89. The largest absolute Gasteiger partial charge is 0.343 e. The van der Waals surface area contributed by atoms with Crippen molar-refractivity contribution < 1.29 is 14.0 Å². The highest BCUT2D eigenvalue weighted by atomic mass is 19.1. The van der Waals surface area contributed by atoms with Gasteiger partial charge in [0.25, 0.3) is 0 Å². The zero-order valence-corrected chi connectivity index (χ0v) is 10.4. The molecule has 2 amide bonds. The number of halogens is 1. The van der Waals surface area contributed by atoms with Crippen LogP contribution in [0.1, 0.15) is 18.9 Å². The highest BCUT2D eigenvalue weighted by Gasteiger charge is 2.32. The van der Waals surface area contributed by atoms with Crippen molar-refractivity contribution in [3.05, 3.63) is 29.6 Å². The first-order chi connectivity index (χ1) is 8.52. The molecule has 1 saturated heterocycles. The van der Waals surface area contributed by atoms with Crippen LogP contribution in [0.2, 0.25) is 0 Å². The summed E-state index contributed by atoms with van der Waals surface area (Å²) in [7, 11) is 0. The maximum Gasteiger partial charge on any atom is 0.250 e. The minimum absolute atomic E-state index is 0.0577. The van der Waals surface area contributed by atoms with E-state index in [0.29, 0.717) is 17.7 Å². The molecular weight excluding hydrogens is 235 g/mol. The molecule has 1 aromatic rings. The number of aryl methyl sites for hydroxylation is 1. The molecule has 1 aromatic carbocycles. The third-order valence-electron chi connectivity index (χ3n) is 3.08. The average Bonchev–Trinajstić information content (AvgIpc) is 2.35. The average molecular weight is 250 g/mol. The molecule has 4 nitrogen and oxygen atoms in total. The van der Waals surface area contributed by atoms with E-state index in [4.69, 9.17) is 0 Å². The van der Waals surface area contributed by atoms with Gasteiger partial charge in [0, 0.05) is 5.69 Å². The van der Waals surface area contributed by atoms with Crippen LogP contribution in [0.25, 0.3) is 0 Å². The maximum atomic E-state index is 13.5. The van der Waals surface area contributed by atoms with E-state index in [-0.39, 0.29) is 24.2 Å². The summed E-state index contributed by atoms with van der Waals surface area (Å²) in [6.07, 6.45) is 0.523. The molecule has 0 radical (unpaired) electrons. The van der Waals surface area contributed by atoms with Gasteiger partial charge in [-0.15, -0.1) is 0 Å². The van der Waals surface area contributed by atoms with Crippen molar-refractivity contribution in [2.45, 2.75) is 26.3 Å². The zero-order valence-electron chi connectivity index (χ0n) is 10.4. The number of piperazine rings is 1. The Hall–Kier alpha value is -1.91. The third-order valence-corrected chi connectivity index (χ3v) is 3.08. The molecule has 1 N–H and O–H groups in total. The summed E-state index contributed by atoms with van der Waals surface area (Å²) < 4.78 is 13.5. The Balaban J connectivity index is 2.33. The van der Waals surface area contributed by atoms with Crippen LogP contribution in [-0.2, 0) is 9.59 Å². The lowest BCUT2D eigenvalue weighted by atomic mass is 10.1. The SMILES string of the molecule is CCC1NC(=O)CN(c2ccc(C)c(F)c2)C1=O. The number of nitrogens with one attached hydrogen (secondary N) is 1. The first kappa shape index (κ1) is 12.5. The van der Waals surface area contributed by atoms with Gasteiger partial charge < -0.3 is 10.2 Å². The van der Waals surface area contributed by atoms with Crippen molar-refractivity contribution >= 4 is 17.5 Å². The molecule has 0 spiro atoms. The molecule has 1 aliphatic heterocycles. The number of carbonyl (C=O) groups is 2. The van der Waals surface area contributed by atoms with Crippen LogP contribution in [0.15, 0.2) is 18.2 Å². The van der Waals surface area contributed by atoms with Crippen LogP contribution in [-0.4, -0.2) is 24.4 Å². The number of benzene rings is 1. The Morgan fingerprint density at radius 2 is 2.17 bits per heavy atom. The third kappa shape index (κ3) is 2.20. The standard InChI is InChI=1S/C13H15FN2O2/c1-3-11-13(18)16(7-12(17)15-11)9-5-4-8(2)10(14)6-9/h4-6,11H,3,7H2,1-2H3,(H,15,17). The Bertz CT molecular complexity index is 502. The normalized spacial score (nSPS) is 19.9. The Morgan fingerprint density at radius 1 is 1.44 bits per heavy atom. The van der Waals surface area contributed by atoms with E-state index >= 15 is 0 Å². The van der Waals surface area contributed by atoms with E-state index in [1.807, 2.05) is 6.92 Å². The molecule has 1 heterocycles. The first-order valence-corrected chi connectivity index (χ1v) is 5.89. The van der Waals surface area contributed by atoms with E-state index in [1.54, 1.807) is 19.1 Å². The van der Waals surface area contributed by atoms with Crippen molar-refractivity contribution in [2.75, 3.05) is 11.4 Å². The van der Waals surface area contributed by atoms with Gasteiger partial charge in [0.2, 0.25) is 11.8 Å². The van der Waals surface area contributed by atoms with E-state index < -0.39 is 6.04 Å². The molecule has 5 heteroatoms. The van der Waals surface area contributed by atoms with E-state index in [0.717, 1.165) is 0 Å². The molecule has 2 rings (SSSR count).